The summed E-state index contributed by atoms with van der Waals surface area (Å²) < 4.78 is 5.08. The molecule has 1 atom stereocenters. The summed E-state index contributed by atoms with van der Waals surface area (Å²) in [5.41, 5.74) is 1.75. The van der Waals surface area contributed by atoms with Crippen molar-refractivity contribution in [2.24, 2.45) is 5.92 Å². The molecule has 30 heavy (non-hydrogen) atoms. The van der Waals surface area contributed by atoms with Crippen LogP contribution in [0.3, 0.4) is 0 Å². The van der Waals surface area contributed by atoms with E-state index in [0.29, 0.717) is 22.1 Å². The maximum atomic E-state index is 12.3. The van der Waals surface area contributed by atoms with Gasteiger partial charge in [0.15, 0.2) is 6.61 Å². The quantitative estimate of drug-likeness (QED) is 0.687. The van der Waals surface area contributed by atoms with E-state index in [9.17, 15) is 19.2 Å². The Morgan fingerprint density at radius 1 is 1.03 bits per heavy atom. The molecular weight excluding hydrogens is 410 g/mol. The molecule has 1 aliphatic rings. The molecule has 0 spiro atoms. The molecule has 2 aromatic carbocycles. The first kappa shape index (κ1) is 21.3. The number of esters is 1. The molecule has 0 aliphatic carbocycles. The molecular formula is C21H20ClN3O5. The number of carbonyl (C=O) groups is 4. The van der Waals surface area contributed by atoms with Crippen LogP contribution in [0.25, 0.3) is 0 Å². The first-order valence-corrected chi connectivity index (χ1v) is 9.59. The van der Waals surface area contributed by atoms with Crippen LogP contribution in [0.15, 0.2) is 48.5 Å². The van der Waals surface area contributed by atoms with Crippen LogP contribution in [-0.4, -0.2) is 36.8 Å². The number of ether oxygens (including phenoxy) is 1. The molecule has 8 nitrogen and oxygen atoms in total. The van der Waals surface area contributed by atoms with Gasteiger partial charge in [0.05, 0.1) is 5.92 Å². The van der Waals surface area contributed by atoms with Crippen molar-refractivity contribution in [1.82, 2.24) is 0 Å². The van der Waals surface area contributed by atoms with Crippen molar-refractivity contribution in [3.8, 4) is 0 Å². The number of benzene rings is 2. The summed E-state index contributed by atoms with van der Waals surface area (Å²) in [6.45, 7) is 1.13. The number of halogens is 1. The minimum atomic E-state index is -0.641. The molecule has 1 fully saturated rings. The van der Waals surface area contributed by atoms with Crippen LogP contribution in [0.1, 0.15) is 13.3 Å². The van der Waals surface area contributed by atoms with E-state index in [0.717, 1.165) is 0 Å². The van der Waals surface area contributed by atoms with E-state index in [1.165, 1.54) is 11.8 Å². The minimum Gasteiger partial charge on any atom is -0.455 e. The Labute approximate surface area is 178 Å². The monoisotopic (exact) mass is 429 g/mol. The van der Waals surface area contributed by atoms with Crippen LogP contribution < -0.4 is 15.5 Å². The van der Waals surface area contributed by atoms with Gasteiger partial charge in [-0.05, 0) is 48.5 Å². The third-order valence-corrected chi connectivity index (χ3v) is 4.68. The number of amides is 3. The van der Waals surface area contributed by atoms with Gasteiger partial charge >= 0.3 is 5.97 Å². The zero-order valence-electron chi connectivity index (χ0n) is 16.2. The van der Waals surface area contributed by atoms with Gasteiger partial charge in [0.25, 0.3) is 5.91 Å². The molecule has 3 rings (SSSR count). The van der Waals surface area contributed by atoms with Crippen LogP contribution in [0, 0.1) is 5.92 Å². The van der Waals surface area contributed by atoms with E-state index in [4.69, 9.17) is 16.3 Å². The summed E-state index contributed by atoms with van der Waals surface area (Å²) in [5, 5.41) is 5.77. The van der Waals surface area contributed by atoms with E-state index in [1.54, 1.807) is 48.5 Å². The normalized spacial score (nSPS) is 15.6. The Hall–Kier alpha value is -3.39. The van der Waals surface area contributed by atoms with Crippen molar-refractivity contribution in [3.63, 3.8) is 0 Å². The number of hydrogen-bond acceptors (Lipinski definition) is 5. The minimum absolute atomic E-state index is 0.0215. The van der Waals surface area contributed by atoms with Crippen LogP contribution >= 0.6 is 11.6 Å². The smallest absolute Gasteiger partial charge is 0.311 e. The second-order valence-corrected chi connectivity index (χ2v) is 7.23. The number of anilines is 3. The van der Waals surface area contributed by atoms with Crippen molar-refractivity contribution in [2.45, 2.75) is 13.3 Å². The van der Waals surface area contributed by atoms with Gasteiger partial charge in [0.1, 0.15) is 0 Å². The lowest BCUT2D eigenvalue weighted by atomic mass is 10.1. The topological polar surface area (TPSA) is 105 Å². The summed E-state index contributed by atoms with van der Waals surface area (Å²) in [5.74, 6) is -2.13. The van der Waals surface area contributed by atoms with Crippen molar-refractivity contribution in [1.29, 1.82) is 0 Å². The highest BCUT2D eigenvalue weighted by atomic mass is 35.5. The molecule has 0 aromatic heterocycles. The van der Waals surface area contributed by atoms with Crippen molar-refractivity contribution >= 4 is 52.4 Å². The van der Waals surface area contributed by atoms with E-state index < -0.39 is 24.4 Å². The van der Waals surface area contributed by atoms with Gasteiger partial charge in [-0.25, -0.2) is 0 Å². The number of hydrogen-bond donors (Lipinski definition) is 2. The Morgan fingerprint density at radius 2 is 1.63 bits per heavy atom. The first-order valence-electron chi connectivity index (χ1n) is 9.22. The molecule has 0 saturated carbocycles. The molecule has 0 radical (unpaired) electrons. The third kappa shape index (κ3) is 5.57. The van der Waals surface area contributed by atoms with E-state index >= 15 is 0 Å². The summed E-state index contributed by atoms with van der Waals surface area (Å²) in [4.78, 5) is 49.0. The predicted octanol–water partition coefficient (Wildman–Crippen LogP) is 2.83. The summed E-state index contributed by atoms with van der Waals surface area (Å²) in [6.07, 6.45) is 0.0215. The second-order valence-electron chi connectivity index (χ2n) is 6.80. The maximum Gasteiger partial charge on any atom is 0.311 e. The highest BCUT2D eigenvalue weighted by Crippen LogP contribution is 2.27. The fourth-order valence-corrected chi connectivity index (χ4v) is 3.15. The Bertz CT molecular complexity index is 960. The molecule has 1 heterocycles. The van der Waals surface area contributed by atoms with Crippen LogP contribution in [-0.2, 0) is 23.9 Å². The van der Waals surface area contributed by atoms with Crippen molar-refractivity contribution in [3.05, 3.63) is 53.6 Å². The van der Waals surface area contributed by atoms with Crippen LogP contribution in [0.2, 0.25) is 5.02 Å². The number of carbonyl (C=O) groups excluding carboxylic acids is 4. The molecule has 2 aromatic rings. The van der Waals surface area contributed by atoms with Crippen molar-refractivity contribution < 1.29 is 23.9 Å². The van der Waals surface area contributed by atoms with E-state index in [2.05, 4.69) is 10.6 Å². The number of nitrogens with one attached hydrogen (secondary N) is 2. The van der Waals surface area contributed by atoms with E-state index in [1.807, 2.05) is 0 Å². The van der Waals surface area contributed by atoms with Gasteiger partial charge in [0, 0.05) is 42.0 Å². The molecule has 156 valence electrons. The Kier molecular flexibility index (Phi) is 6.68. The molecule has 1 aliphatic heterocycles. The summed E-state index contributed by atoms with van der Waals surface area (Å²) in [7, 11) is 0. The van der Waals surface area contributed by atoms with Gasteiger partial charge < -0.3 is 20.3 Å². The largest absolute Gasteiger partial charge is 0.455 e. The van der Waals surface area contributed by atoms with Gasteiger partial charge in [0.2, 0.25) is 11.8 Å². The zero-order valence-corrected chi connectivity index (χ0v) is 16.9. The number of rotatable bonds is 6. The molecule has 9 heteroatoms. The average molecular weight is 430 g/mol. The molecule has 3 amide bonds. The zero-order chi connectivity index (χ0) is 21.7. The molecule has 2 N–H and O–H groups in total. The lowest BCUT2D eigenvalue weighted by Crippen LogP contribution is -2.28. The average Bonchev–Trinajstić information content (AvgIpc) is 3.09. The molecule has 0 unspecified atom stereocenters. The molecule has 0 bridgehead atoms. The standard InChI is InChI=1S/C21H20ClN3O5/c1-13(26)23-16-4-6-17(7-5-16)24-19(27)12-30-21(29)14-10-20(28)25(11-14)18-8-2-15(22)3-9-18/h2-9,14H,10-12H2,1H3,(H,23,26)(H,24,27)/t14-/m0/s1. The van der Waals surface area contributed by atoms with Crippen molar-refractivity contribution in [2.75, 3.05) is 28.7 Å². The van der Waals surface area contributed by atoms with Crippen LogP contribution in [0.4, 0.5) is 17.1 Å². The highest BCUT2D eigenvalue weighted by Gasteiger charge is 2.36. The third-order valence-electron chi connectivity index (χ3n) is 4.43. The Balaban J connectivity index is 1.48. The van der Waals surface area contributed by atoms with E-state index in [-0.39, 0.29) is 24.8 Å². The predicted molar refractivity (Wildman–Crippen MR) is 112 cm³/mol. The van der Waals surface area contributed by atoms with Gasteiger partial charge in [-0.3, -0.25) is 19.2 Å². The first-order chi connectivity index (χ1) is 14.3. The van der Waals surface area contributed by atoms with Gasteiger partial charge in [-0.15, -0.1) is 0 Å². The fraction of sp³-hybridized carbons (Fsp3) is 0.238. The Morgan fingerprint density at radius 3 is 2.23 bits per heavy atom. The summed E-state index contributed by atoms with van der Waals surface area (Å²) in [6, 6.07) is 13.3. The fourth-order valence-electron chi connectivity index (χ4n) is 3.03. The number of nitrogens with zero attached hydrogens (tertiary/aromatic N) is 1. The maximum absolute atomic E-state index is 12.3. The second kappa shape index (κ2) is 9.41. The highest BCUT2D eigenvalue weighted by molar-refractivity contribution is 6.30. The van der Waals surface area contributed by atoms with Gasteiger partial charge in [-0.1, -0.05) is 11.6 Å². The summed E-state index contributed by atoms with van der Waals surface area (Å²) >= 11 is 5.86. The lowest BCUT2D eigenvalue weighted by Gasteiger charge is -2.16. The SMILES string of the molecule is CC(=O)Nc1ccc(NC(=O)COC(=O)[C@H]2CC(=O)N(c3ccc(Cl)cc3)C2)cc1. The lowest BCUT2D eigenvalue weighted by molar-refractivity contribution is -0.151. The van der Waals surface area contributed by atoms with Crippen LogP contribution in [0.5, 0.6) is 0 Å². The molecule has 1 saturated heterocycles. The van der Waals surface area contributed by atoms with Gasteiger partial charge in [-0.2, -0.15) is 0 Å².